The van der Waals surface area contributed by atoms with E-state index in [1.165, 1.54) is 58.3 Å². The zero-order valence-electron chi connectivity index (χ0n) is 22.3. The SMILES string of the molecule is CCCCCCCCCCCCCC(=O)OC(COCCC(C(=O)O)[N+](C)(C)C)COC(C)=O. The minimum atomic E-state index is -0.883. The molecule has 0 saturated heterocycles. The number of carboxylic acid groups (broad SMARTS) is 1. The van der Waals surface area contributed by atoms with Crippen molar-refractivity contribution in [2.75, 3.05) is 41.0 Å². The van der Waals surface area contributed by atoms with Crippen molar-refractivity contribution in [2.45, 2.75) is 109 Å². The molecule has 2 unspecified atom stereocenters. The van der Waals surface area contributed by atoms with Gasteiger partial charge in [0, 0.05) is 19.8 Å². The van der Waals surface area contributed by atoms with Gasteiger partial charge in [0.25, 0.3) is 0 Å². The summed E-state index contributed by atoms with van der Waals surface area (Å²) >= 11 is 0. The molecule has 0 radical (unpaired) electrons. The van der Waals surface area contributed by atoms with Gasteiger partial charge in [0.15, 0.2) is 12.1 Å². The van der Waals surface area contributed by atoms with Crippen molar-refractivity contribution >= 4 is 17.9 Å². The highest BCUT2D eigenvalue weighted by molar-refractivity contribution is 5.72. The zero-order chi connectivity index (χ0) is 25.8. The largest absolute Gasteiger partial charge is 0.477 e. The van der Waals surface area contributed by atoms with Crippen molar-refractivity contribution in [3.8, 4) is 0 Å². The number of esters is 2. The highest BCUT2D eigenvalue weighted by Gasteiger charge is 2.31. The van der Waals surface area contributed by atoms with Crippen LogP contribution in [0.15, 0.2) is 0 Å². The van der Waals surface area contributed by atoms with Crippen LogP contribution >= 0.6 is 0 Å². The normalized spacial score (nSPS) is 13.3. The van der Waals surface area contributed by atoms with E-state index in [1.807, 2.05) is 21.1 Å². The Balaban J connectivity index is 4.13. The van der Waals surface area contributed by atoms with E-state index in [2.05, 4.69) is 6.92 Å². The number of carbonyl (C=O) groups is 3. The fourth-order valence-electron chi connectivity index (χ4n) is 3.76. The molecular weight excluding hydrogens is 438 g/mol. The summed E-state index contributed by atoms with van der Waals surface area (Å²) in [7, 11) is 5.45. The van der Waals surface area contributed by atoms with Crippen LogP contribution in [-0.2, 0) is 28.6 Å². The van der Waals surface area contributed by atoms with Crippen molar-refractivity contribution in [2.24, 2.45) is 0 Å². The lowest BCUT2D eigenvalue weighted by Crippen LogP contribution is -2.50. The lowest BCUT2D eigenvalue weighted by molar-refractivity contribution is -0.887. The van der Waals surface area contributed by atoms with Crippen LogP contribution in [0.1, 0.15) is 97.3 Å². The van der Waals surface area contributed by atoms with E-state index in [4.69, 9.17) is 14.2 Å². The minimum absolute atomic E-state index is 0.0563. The van der Waals surface area contributed by atoms with Crippen LogP contribution in [0.3, 0.4) is 0 Å². The summed E-state index contributed by atoms with van der Waals surface area (Å²) in [5, 5.41) is 9.39. The topological polar surface area (TPSA) is 99.1 Å². The molecule has 0 aliphatic rings. The first-order valence-electron chi connectivity index (χ1n) is 13.0. The second-order valence-corrected chi connectivity index (χ2v) is 10.0. The maximum absolute atomic E-state index is 12.2. The molecule has 0 aromatic rings. The molecule has 0 aliphatic heterocycles. The van der Waals surface area contributed by atoms with Crippen molar-refractivity contribution < 1.29 is 38.2 Å². The van der Waals surface area contributed by atoms with Crippen molar-refractivity contribution in [3.63, 3.8) is 0 Å². The number of hydrogen-bond acceptors (Lipinski definition) is 6. The smallest absolute Gasteiger partial charge is 0.362 e. The van der Waals surface area contributed by atoms with E-state index in [1.54, 1.807) is 0 Å². The van der Waals surface area contributed by atoms with E-state index < -0.39 is 24.1 Å². The Bertz CT molecular complexity index is 560. The van der Waals surface area contributed by atoms with Gasteiger partial charge in [0.1, 0.15) is 6.61 Å². The molecule has 1 N–H and O–H groups in total. The van der Waals surface area contributed by atoms with Crippen LogP contribution in [0.25, 0.3) is 0 Å². The number of unbranched alkanes of at least 4 members (excludes halogenated alkanes) is 10. The van der Waals surface area contributed by atoms with Gasteiger partial charge < -0.3 is 23.8 Å². The predicted molar refractivity (Wildman–Crippen MR) is 132 cm³/mol. The van der Waals surface area contributed by atoms with E-state index in [0.29, 0.717) is 12.8 Å². The first kappa shape index (κ1) is 32.3. The Kier molecular flexibility index (Phi) is 18.7. The Hall–Kier alpha value is -1.67. The highest BCUT2D eigenvalue weighted by atomic mass is 16.6. The monoisotopic (exact) mass is 488 g/mol. The average molecular weight is 489 g/mol. The number of carboxylic acids is 1. The van der Waals surface area contributed by atoms with Crippen LogP contribution in [0.4, 0.5) is 0 Å². The van der Waals surface area contributed by atoms with Crippen molar-refractivity contribution in [3.05, 3.63) is 0 Å². The number of aliphatic carboxylic acids is 1. The summed E-state index contributed by atoms with van der Waals surface area (Å²) < 4.78 is 16.3. The van der Waals surface area contributed by atoms with Gasteiger partial charge in [-0.05, 0) is 6.42 Å². The number of hydrogen-bond donors (Lipinski definition) is 1. The van der Waals surface area contributed by atoms with Gasteiger partial charge in [-0.1, -0.05) is 71.1 Å². The van der Waals surface area contributed by atoms with Gasteiger partial charge in [-0.2, -0.15) is 0 Å². The Morgan fingerprint density at radius 2 is 1.35 bits per heavy atom. The summed E-state index contributed by atoms with van der Waals surface area (Å²) in [6.45, 7) is 3.72. The predicted octanol–water partition coefficient (Wildman–Crippen LogP) is 4.73. The Morgan fingerprint density at radius 3 is 1.82 bits per heavy atom. The number of likely N-dealkylation sites (N-methyl/N-ethyl adjacent to an activating group) is 1. The van der Waals surface area contributed by atoms with Gasteiger partial charge in [-0.15, -0.1) is 0 Å². The Morgan fingerprint density at radius 1 is 0.824 bits per heavy atom. The molecule has 34 heavy (non-hydrogen) atoms. The van der Waals surface area contributed by atoms with Gasteiger partial charge in [-0.3, -0.25) is 9.59 Å². The number of ether oxygens (including phenoxy) is 3. The maximum atomic E-state index is 12.2. The second kappa shape index (κ2) is 19.6. The standard InChI is InChI=1S/C26H49NO7/c1-6-7-8-9-10-11-12-13-14-15-16-17-25(29)34-23(21-33-22(2)28)20-32-19-18-24(26(30)31)27(3,4)5/h23-24H,6-21H2,1-5H3/p+1. The Labute approximate surface area is 206 Å². The van der Waals surface area contributed by atoms with E-state index in [0.717, 1.165) is 19.3 Å². The fraction of sp³-hybridized carbons (Fsp3) is 0.885. The molecule has 8 nitrogen and oxygen atoms in total. The minimum Gasteiger partial charge on any atom is -0.477 e. The maximum Gasteiger partial charge on any atom is 0.362 e. The summed E-state index contributed by atoms with van der Waals surface area (Å²) in [6.07, 6.45) is 13.3. The molecule has 0 spiro atoms. The van der Waals surface area contributed by atoms with E-state index >= 15 is 0 Å². The highest BCUT2D eigenvalue weighted by Crippen LogP contribution is 2.13. The lowest BCUT2D eigenvalue weighted by atomic mass is 10.1. The summed E-state index contributed by atoms with van der Waals surface area (Å²) in [5.74, 6) is -1.67. The second-order valence-electron chi connectivity index (χ2n) is 10.0. The molecule has 0 rings (SSSR count). The molecule has 0 saturated carbocycles. The van der Waals surface area contributed by atoms with Crippen molar-refractivity contribution in [1.29, 1.82) is 0 Å². The van der Waals surface area contributed by atoms with Crippen LogP contribution in [0, 0.1) is 0 Å². The molecule has 0 heterocycles. The molecule has 2 atom stereocenters. The third-order valence-electron chi connectivity index (χ3n) is 5.81. The molecule has 0 bridgehead atoms. The first-order chi connectivity index (χ1) is 16.1. The molecule has 0 aromatic carbocycles. The molecule has 8 heteroatoms. The fourth-order valence-corrected chi connectivity index (χ4v) is 3.76. The third kappa shape index (κ3) is 18.7. The van der Waals surface area contributed by atoms with E-state index in [-0.39, 0.29) is 30.3 Å². The summed E-state index contributed by atoms with van der Waals surface area (Å²) in [4.78, 5) is 34.8. The molecule has 0 fully saturated rings. The van der Waals surface area contributed by atoms with Crippen LogP contribution in [0.2, 0.25) is 0 Å². The number of carbonyl (C=O) groups excluding carboxylic acids is 2. The average Bonchev–Trinajstić information content (AvgIpc) is 2.74. The van der Waals surface area contributed by atoms with Gasteiger partial charge >= 0.3 is 17.9 Å². The quantitative estimate of drug-likeness (QED) is 0.134. The summed E-state index contributed by atoms with van der Waals surface area (Å²) in [5.41, 5.74) is 0. The van der Waals surface area contributed by atoms with Gasteiger partial charge in [0.05, 0.1) is 34.4 Å². The molecular formula is C26H50NO7+. The van der Waals surface area contributed by atoms with Gasteiger partial charge in [-0.25, -0.2) is 4.79 Å². The molecule has 0 amide bonds. The molecule has 200 valence electrons. The number of quaternary nitrogens is 1. The molecule has 0 aliphatic carbocycles. The number of rotatable bonds is 22. The van der Waals surface area contributed by atoms with E-state index in [9.17, 15) is 19.5 Å². The van der Waals surface area contributed by atoms with Gasteiger partial charge in [0.2, 0.25) is 0 Å². The lowest BCUT2D eigenvalue weighted by Gasteiger charge is -2.31. The first-order valence-corrected chi connectivity index (χ1v) is 13.0. The zero-order valence-corrected chi connectivity index (χ0v) is 22.3. The number of nitrogens with zero attached hydrogens (tertiary/aromatic N) is 1. The molecule has 0 aromatic heterocycles. The van der Waals surface area contributed by atoms with Crippen LogP contribution in [0.5, 0.6) is 0 Å². The van der Waals surface area contributed by atoms with Crippen molar-refractivity contribution in [1.82, 2.24) is 0 Å². The third-order valence-corrected chi connectivity index (χ3v) is 5.81. The summed E-state index contributed by atoms with van der Waals surface area (Å²) in [6, 6.07) is -0.601. The van der Waals surface area contributed by atoms with Crippen LogP contribution in [-0.4, -0.2) is 80.6 Å². The van der Waals surface area contributed by atoms with Crippen LogP contribution < -0.4 is 0 Å².